The molecular formula is C14H28N2. The Balaban J connectivity index is 1.78. The summed E-state index contributed by atoms with van der Waals surface area (Å²) < 4.78 is 0. The van der Waals surface area contributed by atoms with E-state index in [2.05, 4.69) is 10.6 Å². The van der Waals surface area contributed by atoms with Crippen LogP contribution in [0.4, 0.5) is 0 Å². The zero-order valence-corrected chi connectivity index (χ0v) is 10.6. The molecule has 0 unspecified atom stereocenters. The first kappa shape index (κ1) is 12.4. The van der Waals surface area contributed by atoms with Crippen molar-refractivity contribution in [3.8, 4) is 0 Å². The first-order valence-corrected chi connectivity index (χ1v) is 7.38. The van der Waals surface area contributed by atoms with E-state index in [0.29, 0.717) is 0 Å². The molecule has 1 saturated carbocycles. The molecule has 1 aliphatic heterocycles. The predicted molar refractivity (Wildman–Crippen MR) is 69.4 cm³/mol. The highest BCUT2D eigenvalue weighted by atomic mass is 15.1. The quantitative estimate of drug-likeness (QED) is 0.715. The van der Waals surface area contributed by atoms with Crippen molar-refractivity contribution in [3.05, 3.63) is 0 Å². The molecule has 0 aromatic heterocycles. The van der Waals surface area contributed by atoms with Gasteiger partial charge in [0.05, 0.1) is 0 Å². The zero-order chi connectivity index (χ0) is 11.1. The van der Waals surface area contributed by atoms with E-state index in [4.69, 9.17) is 0 Å². The van der Waals surface area contributed by atoms with Gasteiger partial charge >= 0.3 is 0 Å². The Kier molecular flexibility index (Phi) is 5.64. The van der Waals surface area contributed by atoms with Gasteiger partial charge in [0.25, 0.3) is 0 Å². The number of nitrogens with one attached hydrogen (secondary N) is 2. The Morgan fingerprint density at radius 1 is 0.562 bits per heavy atom. The maximum absolute atomic E-state index is 3.49. The van der Waals surface area contributed by atoms with E-state index >= 15 is 0 Å². The number of hydrogen-bond donors (Lipinski definition) is 2. The van der Waals surface area contributed by atoms with Gasteiger partial charge in [0.2, 0.25) is 0 Å². The molecule has 94 valence electrons. The molecule has 2 rings (SSSR count). The first-order chi connectivity index (χ1) is 7.97. The van der Waals surface area contributed by atoms with E-state index in [-0.39, 0.29) is 0 Å². The van der Waals surface area contributed by atoms with Gasteiger partial charge in [0.15, 0.2) is 0 Å². The summed E-state index contributed by atoms with van der Waals surface area (Å²) in [4.78, 5) is 0. The fourth-order valence-electron chi connectivity index (χ4n) is 3.32. The molecule has 1 saturated heterocycles. The van der Waals surface area contributed by atoms with Gasteiger partial charge in [-0.15, -0.1) is 0 Å². The van der Waals surface area contributed by atoms with Gasteiger partial charge in [-0.05, 0) is 11.8 Å². The summed E-state index contributed by atoms with van der Waals surface area (Å²) in [5.74, 6) is 1.88. The van der Waals surface area contributed by atoms with Gasteiger partial charge in [-0.1, -0.05) is 57.8 Å². The van der Waals surface area contributed by atoms with Crippen LogP contribution < -0.4 is 10.6 Å². The predicted octanol–water partition coefficient (Wildman–Crippen LogP) is 2.89. The summed E-state index contributed by atoms with van der Waals surface area (Å²) >= 11 is 0. The lowest BCUT2D eigenvalue weighted by Crippen LogP contribution is -2.46. The van der Waals surface area contributed by atoms with Crippen molar-refractivity contribution >= 4 is 0 Å². The van der Waals surface area contributed by atoms with Crippen LogP contribution in [-0.2, 0) is 0 Å². The minimum atomic E-state index is 0.896. The molecule has 2 N–H and O–H groups in total. The van der Waals surface area contributed by atoms with Gasteiger partial charge in [0.1, 0.15) is 0 Å². The Labute approximate surface area is 101 Å². The van der Waals surface area contributed by atoms with Crippen LogP contribution >= 0.6 is 0 Å². The molecule has 2 aliphatic rings. The van der Waals surface area contributed by atoms with Gasteiger partial charge in [-0.25, -0.2) is 0 Å². The third kappa shape index (κ3) is 4.06. The molecule has 0 aromatic carbocycles. The molecule has 0 atom stereocenters. The largest absolute Gasteiger partial charge is 0.304 e. The van der Waals surface area contributed by atoms with Crippen LogP contribution in [0.3, 0.4) is 0 Å². The summed E-state index contributed by atoms with van der Waals surface area (Å²) in [6, 6.07) is 0. The second-order valence-electron chi connectivity index (χ2n) is 5.66. The van der Waals surface area contributed by atoms with Gasteiger partial charge in [0, 0.05) is 19.8 Å². The second-order valence-corrected chi connectivity index (χ2v) is 5.66. The zero-order valence-electron chi connectivity index (χ0n) is 10.6. The Morgan fingerprint density at radius 2 is 1.06 bits per heavy atom. The topological polar surface area (TPSA) is 24.1 Å². The van der Waals surface area contributed by atoms with E-state index in [9.17, 15) is 0 Å². The third-order valence-corrected chi connectivity index (χ3v) is 4.38. The lowest BCUT2D eigenvalue weighted by atomic mass is 9.82. The van der Waals surface area contributed by atoms with Gasteiger partial charge < -0.3 is 10.6 Å². The van der Waals surface area contributed by atoms with Crippen molar-refractivity contribution < 1.29 is 0 Å². The average molecular weight is 224 g/mol. The van der Waals surface area contributed by atoms with Crippen molar-refractivity contribution in [3.63, 3.8) is 0 Å². The van der Waals surface area contributed by atoms with Crippen molar-refractivity contribution in [1.82, 2.24) is 10.6 Å². The highest BCUT2D eigenvalue weighted by Gasteiger charge is 2.22. The Hall–Kier alpha value is -0.0800. The van der Waals surface area contributed by atoms with E-state index in [0.717, 1.165) is 18.5 Å². The smallest absolute Gasteiger partial charge is 0.0454 e. The van der Waals surface area contributed by atoms with Crippen molar-refractivity contribution in [1.29, 1.82) is 0 Å². The fraction of sp³-hybridized carbons (Fsp3) is 1.00. The van der Waals surface area contributed by atoms with Crippen LogP contribution in [0.15, 0.2) is 0 Å². The highest BCUT2D eigenvalue weighted by Crippen LogP contribution is 2.27. The lowest BCUT2D eigenvalue weighted by molar-refractivity contribution is 0.229. The molecule has 0 radical (unpaired) electrons. The summed E-state index contributed by atoms with van der Waals surface area (Å²) in [7, 11) is 0. The number of hydrogen-bond acceptors (Lipinski definition) is 2. The fourth-order valence-corrected chi connectivity index (χ4v) is 3.32. The molecule has 0 amide bonds. The first-order valence-electron chi connectivity index (χ1n) is 7.38. The van der Waals surface area contributed by atoms with E-state index < -0.39 is 0 Å². The normalized spacial score (nSPS) is 27.8. The molecule has 1 heterocycles. The lowest BCUT2D eigenvalue weighted by Gasteiger charge is -2.32. The standard InChI is InChI=1S/C14H28N2/c1-2-4-6-8-13(9-7-5-3-1)14-10-15-12-16-11-14/h13-16H,1-12H2. The SMILES string of the molecule is C1CCCCC(C2CNCNC2)CCCC1. The summed E-state index contributed by atoms with van der Waals surface area (Å²) in [5.41, 5.74) is 0. The second kappa shape index (κ2) is 7.29. The van der Waals surface area contributed by atoms with Crippen LogP contribution in [0.25, 0.3) is 0 Å². The maximum Gasteiger partial charge on any atom is 0.0454 e. The molecule has 0 spiro atoms. The summed E-state index contributed by atoms with van der Waals surface area (Å²) in [5, 5.41) is 6.97. The molecule has 16 heavy (non-hydrogen) atoms. The molecule has 0 bridgehead atoms. The van der Waals surface area contributed by atoms with E-state index in [1.165, 1.54) is 70.9 Å². The van der Waals surface area contributed by atoms with Crippen LogP contribution in [0, 0.1) is 11.8 Å². The van der Waals surface area contributed by atoms with Crippen molar-refractivity contribution in [2.75, 3.05) is 19.8 Å². The molecule has 1 aliphatic carbocycles. The van der Waals surface area contributed by atoms with E-state index in [1.807, 2.05) is 0 Å². The molecule has 2 fully saturated rings. The van der Waals surface area contributed by atoms with Crippen LogP contribution in [0.1, 0.15) is 57.8 Å². The Bertz CT molecular complexity index is 166. The van der Waals surface area contributed by atoms with Crippen molar-refractivity contribution in [2.24, 2.45) is 11.8 Å². The minimum absolute atomic E-state index is 0.896. The monoisotopic (exact) mass is 224 g/mol. The van der Waals surface area contributed by atoms with Gasteiger partial charge in [-0.2, -0.15) is 0 Å². The van der Waals surface area contributed by atoms with Crippen LogP contribution in [0.5, 0.6) is 0 Å². The molecule has 2 nitrogen and oxygen atoms in total. The third-order valence-electron chi connectivity index (χ3n) is 4.38. The molecule has 2 heteroatoms. The summed E-state index contributed by atoms with van der Waals surface area (Å²) in [6.07, 6.45) is 13.3. The molecule has 0 aromatic rings. The molecular weight excluding hydrogens is 196 g/mol. The Morgan fingerprint density at radius 3 is 1.62 bits per heavy atom. The maximum atomic E-state index is 3.49. The minimum Gasteiger partial charge on any atom is -0.304 e. The average Bonchev–Trinajstić information content (AvgIpc) is 2.37. The summed E-state index contributed by atoms with van der Waals surface area (Å²) in [6.45, 7) is 3.51. The van der Waals surface area contributed by atoms with Gasteiger partial charge in [-0.3, -0.25) is 0 Å². The van der Waals surface area contributed by atoms with E-state index in [1.54, 1.807) is 0 Å². The van der Waals surface area contributed by atoms with Crippen LogP contribution in [-0.4, -0.2) is 19.8 Å². The number of rotatable bonds is 1. The highest BCUT2D eigenvalue weighted by molar-refractivity contribution is 4.78. The van der Waals surface area contributed by atoms with Crippen LogP contribution in [0.2, 0.25) is 0 Å². The van der Waals surface area contributed by atoms with Crippen molar-refractivity contribution in [2.45, 2.75) is 57.8 Å².